The summed E-state index contributed by atoms with van der Waals surface area (Å²) in [5.41, 5.74) is 5.27. The second-order valence-corrected chi connectivity index (χ2v) is 16.4. The van der Waals surface area contributed by atoms with E-state index in [2.05, 4.69) is 21.3 Å². The van der Waals surface area contributed by atoms with Gasteiger partial charge in [0.15, 0.2) is 10.8 Å². The topological polar surface area (TPSA) is 134 Å². The molecule has 12 heteroatoms. The maximum absolute atomic E-state index is 13.9. The van der Waals surface area contributed by atoms with Gasteiger partial charge in [-0.2, -0.15) is 0 Å². The number of piperidine rings is 1. The number of carboxylic acids is 1. The van der Waals surface area contributed by atoms with Crippen molar-refractivity contribution in [3.63, 3.8) is 0 Å². The SMILES string of the molecule is Cc1c(OCCC2CCCN(CC(=O)O)C2)cccc1-c1ccc(N2CCc3cccc(C(=O)Nc4nc5ccccc5s4)c3C2)nc1C(=O)OC(C)(C)C. The summed E-state index contributed by atoms with van der Waals surface area (Å²) in [5.74, 6) is 0.177. The van der Waals surface area contributed by atoms with Crippen LogP contribution in [0, 0.1) is 12.8 Å². The van der Waals surface area contributed by atoms with Gasteiger partial charge in [0.25, 0.3) is 5.91 Å². The molecule has 2 aliphatic rings. The number of amides is 1. The van der Waals surface area contributed by atoms with Crippen LogP contribution in [0.15, 0.2) is 72.8 Å². The van der Waals surface area contributed by atoms with Crippen molar-refractivity contribution in [1.29, 1.82) is 0 Å². The van der Waals surface area contributed by atoms with E-state index < -0.39 is 17.5 Å². The molecule has 1 atom stereocenters. The number of hydrogen-bond acceptors (Lipinski definition) is 10. The number of carboxylic acid groups (broad SMARTS) is 1. The first-order chi connectivity index (χ1) is 26.4. The van der Waals surface area contributed by atoms with Crippen LogP contribution >= 0.6 is 11.3 Å². The number of likely N-dealkylation sites (tertiary alicyclic amines) is 1. The number of carbonyl (C=O) groups excluding carboxylic acids is 2. The summed E-state index contributed by atoms with van der Waals surface area (Å²) in [6.07, 6.45) is 3.56. The van der Waals surface area contributed by atoms with E-state index in [1.165, 1.54) is 11.3 Å². The van der Waals surface area contributed by atoms with Gasteiger partial charge in [0.2, 0.25) is 0 Å². The number of thiazole rings is 1. The Hall–Kier alpha value is -5.33. The predicted molar refractivity (Wildman–Crippen MR) is 215 cm³/mol. The van der Waals surface area contributed by atoms with Crippen molar-refractivity contribution in [3.8, 4) is 16.9 Å². The molecule has 5 aromatic rings. The fraction of sp³-hybridized carbons (Fsp3) is 0.372. The van der Waals surface area contributed by atoms with Gasteiger partial charge in [0.1, 0.15) is 17.2 Å². The van der Waals surface area contributed by atoms with Crippen molar-refractivity contribution >= 4 is 50.3 Å². The molecular formula is C43H47N5O6S. The summed E-state index contributed by atoms with van der Waals surface area (Å²) in [5, 5.41) is 12.8. The van der Waals surface area contributed by atoms with Crippen LogP contribution in [-0.2, 0) is 22.5 Å². The first kappa shape index (κ1) is 38.0. The van der Waals surface area contributed by atoms with Crippen molar-refractivity contribution in [2.45, 2.75) is 65.5 Å². The molecule has 4 heterocycles. The van der Waals surface area contributed by atoms with Crippen LogP contribution in [0.4, 0.5) is 10.9 Å². The van der Waals surface area contributed by atoms with E-state index in [9.17, 15) is 19.5 Å². The molecule has 1 saturated heterocycles. The highest BCUT2D eigenvalue weighted by Crippen LogP contribution is 2.36. The number of benzene rings is 3. The highest BCUT2D eigenvalue weighted by atomic mass is 32.1. The van der Waals surface area contributed by atoms with Crippen LogP contribution in [0.1, 0.15) is 77.6 Å². The van der Waals surface area contributed by atoms with Crippen LogP contribution in [0.3, 0.4) is 0 Å². The minimum absolute atomic E-state index is 0.0698. The fourth-order valence-electron chi connectivity index (χ4n) is 7.52. The second-order valence-electron chi connectivity index (χ2n) is 15.3. The highest BCUT2D eigenvalue weighted by Gasteiger charge is 2.28. The summed E-state index contributed by atoms with van der Waals surface area (Å²) < 4.78 is 13.2. The summed E-state index contributed by atoms with van der Waals surface area (Å²) in [4.78, 5) is 52.4. The molecule has 0 bridgehead atoms. The number of nitrogens with one attached hydrogen (secondary N) is 1. The third kappa shape index (κ3) is 8.98. The van der Waals surface area contributed by atoms with E-state index in [1.807, 2.05) is 99.3 Å². The van der Waals surface area contributed by atoms with Crippen molar-refractivity contribution in [2.24, 2.45) is 5.92 Å². The van der Waals surface area contributed by atoms with E-state index in [4.69, 9.17) is 14.5 Å². The van der Waals surface area contributed by atoms with Gasteiger partial charge in [-0.25, -0.2) is 14.8 Å². The van der Waals surface area contributed by atoms with Crippen LogP contribution < -0.4 is 15.0 Å². The predicted octanol–water partition coefficient (Wildman–Crippen LogP) is 8.00. The van der Waals surface area contributed by atoms with E-state index in [0.29, 0.717) is 54.1 Å². The molecule has 11 nitrogen and oxygen atoms in total. The first-order valence-electron chi connectivity index (χ1n) is 18.9. The number of nitrogens with zero attached hydrogens (tertiary/aromatic N) is 4. The average Bonchev–Trinajstić information content (AvgIpc) is 3.56. The van der Waals surface area contributed by atoms with Gasteiger partial charge < -0.3 is 19.5 Å². The zero-order chi connectivity index (χ0) is 38.7. The van der Waals surface area contributed by atoms with E-state index in [-0.39, 0.29) is 18.1 Å². The molecule has 1 fully saturated rings. The van der Waals surface area contributed by atoms with Gasteiger partial charge in [-0.15, -0.1) is 0 Å². The highest BCUT2D eigenvalue weighted by molar-refractivity contribution is 7.22. The van der Waals surface area contributed by atoms with Crippen molar-refractivity contribution in [1.82, 2.24) is 14.9 Å². The average molecular weight is 762 g/mol. The van der Waals surface area contributed by atoms with Crippen molar-refractivity contribution in [3.05, 3.63) is 101 Å². The quantitative estimate of drug-likeness (QED) is 0.128. The van der Waals surface area contributed by atoms with Crippen LogP contribution in [0.25, 0.3) is 21.3 Å². The molecule has 55 heavy (non-hydrogen) atoms. The lowest BCUT2D eigenvalue weighted by Crippen LogP contribution is -2.39. The zero-order valence-corrected chi connectivity index (χ0v) is 32.6. The lowest BCUT2D eigenvalue weighted by Gasteiger charge is -2.31. The zero-order valence-electron chi connectivity index (χ0n) is 31.8. The number of ether oxygens (including phenoxy) is 2. The Morgan fingerprint density at radius 1 is 0.964 bits per heavy atom. The maximum Gasteiger partial charge on any atom is 0.358 e. The molecule has 1 unspecified atom stereocenters. The minimum Gasteiger partial charge on any atom is -0.493 e. The summed E-state index contributed by atoms with van der Waals surface area (Å²) in [6.45, 7) is 10.7. The Morgan fingerprint density at radius 2 is 1.78 bits per heavy atom. The van der Waals surface area contributed by atoms with Gasteiger partial charge in [0, 0.05) is 30.8 Å². The van der Waals surface area contributed by atoms with Crippen molar-refractivity contribution < 1.29 is 29.0 Å². The Bertz CT molecular complexity index is 2200. The molecule has 0 aliphatic carbocycles. The van der Waals surface area contributed by atoms with Crippen LogP contribution in [0.5, 0.6) is 5.75 Å². The third-order valence-corrected chi connectivity index (χ3v) is 11.1. The number of anilines is 2. The summed E-state index contributed by atoms with van der Waals surface area (Å²) in [7, 11) is 0. The van der Waals surface area contributed by atoms with Crippen LogP contribution in [-0.4, -0.2) is 76.2 Å². The van der Waals surface area contributed by atoms with Crippen molar-refractivity contribution in [2.75, 3.05) is 43.0 Å². The molecule has 0 spiro atoms. The van der Waals surface area contributed by atoms with E-state index in [0.717, 1.165) is 70.6 Å². The van der Waals surface area contributed by atoms with Gasteiger partial charge >= 0.3 is 11.9 Å². The number of pyridine rings is 1. The molecule has 3 aromatic carbocycles. The summed E-state index contributed by atoms with van der Waals surface area (Å²) >= 11 is 1.44. The number of esters is 1. The largest absolute Gasteiger partial charge is 0.493 e. The normalized spacial score (nSPS) is 16.1. The molecule has 7 rings (SSSR count). The smallest absolute Gasteiger partial charge is 0.358 e. The number of fused-ring (bicyclic) bond motifs is 2. The Balaban J connectivity index is 1.12. The molecule has 2 N–H and O–H groups in total. The molecular weight excluding hydrogens is 715 g/mol. The molecule has 0 saturated carbocycles. The number of carbonyl (C=O) groups is 3. The van der Waals surface area contributed by atoms with Gasteiger partial charge in [-0.05, 0) is 124 Å². The third-order valence-electron chi connectivity index (χ3n) is 10.1. The Kier molecular flexibility index (Phi) is 11.2. The number of aromatic nitrogens is 2. The van der Waals surface area contributed by atoms with Crippen LogP contribution in [0.2, 0.25) is 0 Å². The molecule has 1 amide bonds. The number of hydrogen-bond donors (Lipinski definition) is 2. The number of rotatable bonds is 11. The number of para-hydroxylation sites is 1. The molecule has 2 aromatic heterocycles. The van der Waals surface area contributed by atoms with Gasteiger partial charge in [-0.1, -0.05) is 47.7 Å². The standard InChI is InChI=1S/C43H47N5O6S/c1-27-30(12-8-15-35(27)53-23-20-28-10-9-21-47(24-28)26-38(49)50)31-17-18-37(45-39(31)41(52)54-43(2,3)4)48-22-19-29-11-7-13-32(33(29)25-48)40(51)46-42-44-34-14-5-6-16-36(34)55-42/h5-8,11-18,28H,9-10,19-26H2,1-4H3,(H,49,50)(H,44,46,51). The van der Waals surface area contributed by atoms with Gasteiger partial charge in [-0.3, -0.25) is 19.8 Å². The van der Waals surface area contributed by atoms with E-state index >= 15 is 0 Å². The summed E-state index contributed by atoms with van der Waals surface area (Å²) in [6, 6.07) is 23.3. The molecule has 0 radical (unpaired) electrons. The minimum atomic E-state index is -0.797. The van der Waals surface area contributed by atoms with E-state index in [1.54, 1.807) is 0 Å². The first-order valence-corrected chi connectivity index (χ1v) is 19.7. The van der Waals surface area contributed by atoms with Gasteiger partial charge in [0.05, 0.1) is 23.4 Å². The Labute approximate surface area is 325 Å². The Morgan fingerprint density at radius 3 is 2.58 bits per heavy atom. The molecule has 286 valence electrons. The number of aliphatic carboxylic acids is 1. The molecule has 2 aliphatic heterocycles. The lowest BCUT2D eigenvalue weighted by atomic mass is 9.94. The monoisotopic (exact) mass is 761 g/mol. The maximum atomic E-state index is 13.9. The lowest BCUT2D eigenvalue weighted by molar-refractivity contribution is -0.138. The second kappa shape index (κ2) is 16.2. The fourth-order valence-corrected chi connectivity index (χ4v) is 8.38.